The number of hydrogen-bond acceptors (Lipinski definition) is 10. The molecule has 0 aliphatic heterocycles. The summed E-state index contributed by atoms with van der Waals surface area (Å²) >= 11 is 1.12. The molecule has 0 fully saturated rings. The quantitative estimate of drug-likeness (QED) is 0.0912. The lowest BCUT2D eigenvalue weighted by Gasteiger charge is -2.36. The summed E-state index contributed by atoms with van der Waals surface area (Å²) in [6, 6.07) is 9.92. The van der Waals surface area contributed by atoms with Crippen molar-refractivity contribution in [2.45, 2.75) is 52.2 Å². The number of hydrogen-bond donors (Lipinski definition) is 0. The van der Waals surface area contributed by atoms with E-state index in [9.17, 15) is 4.79 Å². The molecule has 1 heterocycles. The summed E-state index contributed by atoms with van der Waals surface area (Å²) in [5.74, 6) is 0.530. The van der Waals surface area contributed by atoms with Crippen molar-refractivity contribution in [1.29, 1.82) is 0 Å². The van der Waals surface area contributed by atoms with E-state index in [-0.39, 0.29) is 33.7 Å². The van der Waals surface area contributed by atoms with Gasteiger partial charge >= 0.3 is 6.09 Å². The Morgan fingerprint density at radius 2 is 1.81 bits per heavy atom. The summed E-state index contributed by atoms with van der Waals surface area (Å²) in [6.45, 7) is 13.3. The van der Waals surface area contributed by atoms with E-state index < -0.39 is 20.2 Å². The molecule has 0 radical (unpaired) electrons. The van der Waals surface area contributed by atoms with Crippen molar-refractivity contribution >= 4 is 42.6 Å². The van der Waals surface area contributed by atoms with Crippen molar-refractivity contribution in [1.82, 2.24) is 10.1 Å². The number of aromatic nitrogens is 2. The van der Waals surface area contributed by atoms with Gasteiger partial charge in [-0.3, -0.25) is 0 Å². The molecule has 0 bridgehead atoms. The third-order valence-corrected chi connectivity index (χ3v) is 12.2. The summed E-state index contributed by atoms with van der Waals surface area (Å²) in [5, 5.41) is 4.16. The van der Waals surface area contributed by atoms with Gasteiger partial charge in [-0.1, -0.05) is 25.9 Å². The molecule has 2 aromatic carbocycles. The number of ether oxygens (including phenoxy) is 3. The maximum Gasteiger partial charge on any atom is 0.434 e. The molecule has 0 spiro atoms. The number of carbonyl (C=O) groups excluding carboxylic acids is 1. The largest absolute Gasteiger partial charge is 0.497 e. The lowest BCUT2D eigenvalue weighted by Crippen LogP contribution is -2.41. The molecule has 0 atom stereocenters. The topological polar surface area (TPSA) is 118 Å². The van der Waals surface area contributed by atoms with E-state index in [0.29, 0.717) is 41.7 Å². The monoisotopic (exact) mass is 630 g/mol. The first-order valence-electron chi connectivity index (χ1n) is 13.6. The number of aliphatic imine (C=N–C) groups is 2. The maximum absolute atomic E-state index is 16.1. The molecule has 0 aliphatic rings. The lowest BCUT2D eigenvalue weighted by atomic mass is 10.1. The zero-order chi connectivity index (χ0) is 31.8. The molecular formula is C30H39FN4O6SSi. The van der Waals surface area contributed by atoms with E-state index in [1.165, 1.54) is 26.4 Å². The third-order valence-electron chi connectivity index (χ3n) is 6.98. The molecule has 1 amide bonds. The highest BCUT2D eigenvalue weighted by Crippen LogP contribution is 2.36. The van der Waals surface area contributed by atoms with Crippen LogP contribution in [0, 0.1) is 12.7 Å². The highest BCUT2D eigenvalue weighted by Gasteiger charge is 2.36. The smallest absolute Gasteiger partial charge is 0.434 e. The van der Waals surface area contributed by atoms with Crippen molar-refractivity contribution in [2.75, 3.05) is 33.7 Å². The van der Waals surface area contributed by atoms with Gasteiger partial charge < -0.3 is 23.2 Å². The maximum atomic E-state index is 16.1. The van der Waals surface area contributed by atoms with Gasteiger partial charge in [-0.15, -0.1) is 11.8 Å². The van der Waals surface area contributed by atoms with Crippen LogP contribution in [0.25, 0.3) is 11.4 Å². The van der Waals surface area contributed by atoms with Crippen LogP contribution in [0.2, 0.25) is 18.1 Å². The summed E-state index contributed by atoms with van der Waals surface area (Å²) in [6.07, 6.45) is 1.43. The first kappa shape index (κ1) is 33.9. The third kappa shape index (κ3) is 8.97. The summed E-state index contributed by atoms with van der Waals surface area (Å²) in [7, 11) is 0.781. The van der Waals surface area contributed by atoms with Crippen molar-refractivity contribution < 1.29 is 32.3 Å². The predicted octanol–water partition coefficient (Wildman–Crippen LogP) is 7.63. The van der Waals surface area contributed by atoms with Crippen LogP contribution >= 0.6 is 11.8 Å². The fourth-order valence-electron chi connectivity index (χ4n) is 3.53. The molecule has 232 valence electrons. The molecule has 0 N–H and O–H groups in total. The van der Waals surface area contributed by atoms with Gasteiger partial charge in [0, 0.05) is 37.1 Å². The van der Waals surface area contributed by atoms with E-state index in [2.05, 4.69) is 49.0 Å². The number of nitrogens with zero attached hydrogens (tertiary/aromatic N) is 4. The molecule has 10 nitrogen and oxygen atoms in total. The summed E-state index contributed by atoms with van der Waals surface area (Å²) in [4.78, 5) is 25.1. The molecule has 3 aromatic rings. The van der Waals surface area contributed by atoms with Gasteiger partial charge in [-0.25, -0.2) is 14.2 Å². The second-order valence-electron chi connectivity index (χ2n) is 11.0. The van der Waals surface area contributed by atoms with E-state index in [0.717, 1.165) is 11.8 Å². The van der Waals surface area contributed by atoms with Gasteiger partial charge in [-0.2, -0.15) is 9.98 Å². The Balaban J connectivity index is 1.97. The Morgan fingerprint density at radius 1 is 1.12 bits per heavy atom. The Kier molecular flexibility index (Phi) is 11.6. The van der Waals surface area contributed by atoms with Gasteiger partial charge in [0.2, 0.25) is 11.7 Å². The van der Waals surface area contributed by atoms with Crippen LogP contribution in [-0.4, -0.2) is 69.0 Å². The molecule has 3 rings (SSSR count). The standard InChI is InChI=1S/C30H39FN4O6SSi/c1-19-32-27(35-41-19)20-11-13-21(14-12-20)33-26(28(42-7)34-29(36)38-6)23-17-22(37-5)18-24(25(23)31)39-15-10-16-40-43(8,9)30(2,3)4/h11-14,17-18H,10,15-16H2,1-9H3/b33-26-,34-28-. The van der Waals surface area contributed by atoms with E-state index in [1.54, 1.807) is 37.4 Å². The highest BCUT2D eigenvalue weighted by molar-refractivity contribution is 8.15. The van der Waals surface area contributed by atoms with Gasteiger partial charge in [-0.05, 0) is 54.7 Å². The average molecular weight is 631 g/mol. The Hall–Kier alpha value is -3.55. The Morgan fingerprint density at radius 3 is 2.37 bits per heavy atom. The molecule has 0 saturated heterocycles. The van der Waals surface area contributed by atoms with Crippen molar-refractivity contribution in [2.24, 2.45) is 9.98 Å². The first-order valence-corrected chi connectivity index (χ1v) is 17.8. The Bertz CT molecular complexity index is 1470. The molecule has 43 heavy (non-hydrogen) atoms. The van der Waals surface area contributed by atoms with Crippen LogP contribution in [-0.2, 0) is 9.16 Å². The van der Waals surface area contributed by atoms with Crippen LogP contribution in [0.3, 0.4) is 0 Å². The van der Waals surface area contributed by atoms with Crippen molar-refractivity contribution in [3.63, 3.8) is 0 Å². The zero-order valence-corrected chi connectivity index (χ0v) is 27.9. The van der Waals surface area contributed by atoms with Gasteiger partial charge in [0.25, 0.3) is 0 Å². The summed E-state index contributed by atoms with van der Waals surface area (Å²) in [5.41, 5.74) is 1.33. The number of carbonyl (C=O) groups is 1. The molecule has 1 aromatic heterocycles. The number of methoxy groups -OCH3 is 2. The van der Waals surface area contributed by atoms with Crippen LogP contribution < -0.4 is 9.47 Å². The van der Waals surface area contributed by atoms with E-state index in [1.807, 2.05) is 0 Å². The minimum absolute atomic E-state index is 0.0179. The summed E-state index contributed by atoms with van der Waals surface area (Å²) < 4.78 is 43.4. The van der Waals surface area contributed by atoms with Gasteiger partial charge in [0.15, 0.2) is 19.9 Å². The number of amides is 1. The molecule has 13 heteroatoms. The van der Waals surface area contributed by atoms with Crippen molar-refractivity contribution in [3.05, 3.63) is 53.7 Å². The molecule has 0 saturated carbocycles. The van der Waals surface area contributed by atoms with Crippen molar-refractivity contribution in [3.8, 4) is 22.9 Å². The Labute approximate surface area is 257 Å². The second kappa shape index (κ2) is 14.8. The first-order chi connectivity index (χ1) is 20.3. The minimum Gasteiger partial charge on any atom is -0.497 e. The van der Waals surface area contributed by atoms with Crippen LogP contribution in [0.5, 0.6) is 11.5 Å². The lowest BCUT2D eigenvalue weighted by molar-refractivity contribution is 0.183. The fraction of sp³-hybridized carbons (Fsp3) is 0.433. The number of benzene rings is 2. The number of halogens is 1. The second-order valence-corrected chi connectivity index (χ2v) is 16.6. The van der Waals surface area contributed by atoms with Crippen LogP contribution in [0.1, 0.15) is 38.6 Å². The normalized spacial score (nSPS) is 12.8. The average Bonchev–Trinajstić information content (AvgIpc) is 3.41. The van der Waals surface area contributed by atoms with E-state index >= 15 is 4.39 Å². The fourth-order valence-corrected chi connectivity index (χ4v) is 5.13. The molecular weight excluding hydrogens is 592 g/mol. The predicted molar refractivity (Wildman–Crippen MR) is 170 cm³/mol. The van der Waals surface area contributed by atoms with Crippen LogP contribution in [0.15, 0.2) is 50.9 Å². The number of thioether (sulfide) groups is 1. The SMILES string of the molecule is COC(=O)/N=C(SC)/C(=N\c1ccc(-c2noc(C)n2)cc1)c1cc(OC)cc(OCCCO[Si](C)(C)C(C)(C)C)c1F. The zero-order valence-electron chi connectivity index (χ0n) is 26.1. The van der Waals surface area contributed by atoms with Gasteiger partial charge in [0.1, 0.15) is 16.5 Å². The molecule has 0 aliphatic carbocycles. The molecule has 0 unspecified atom stereocenters. The van der Waals surface area contributed by atoms with Gasteiger partial charge in [0.05, 0.1) is 26.5 Å². The highest BCUT2D eigenvalue weighted by atomic mass is 32.2. The minimum atomic E-state index is -1.91. The number of rotatable bonds is 11. The van der Waals surface area contributed by atoms with Crippen LogP contribution in [0.4, 0.5) is 14.9 Å². The van der Waals surface area contributed by atoms with E-state index in [4.69, 9.17) is 28.2 Å². The number of aryl methyl sites for hydroxylation is 1.